The lowest BCUT2D eigenvalue weighted by molar-refractivity contribution is -0.870. The fraction of sp³-hybridized carbons (Fsp3) is 0.691. The molecule has 0 spiro atoms. The normalized spacial score (nSPS) is 14.6. The Morgan fingerprint density at radius 3 is 1.16 bits per heavy atom. The fourth-order valence-electron chi connectivity index (χ4n) is 8.60. The van der Waals surface area contributed by atoms with Crippen molar-refractivity contribution < 1.29 is 32.9 Å². The average Bonchev–Trinajstić information content (AvgIpc) is 3.39. The number of aliphatic hydroxyl groups excluding tert-OH is 1. The SMILES string of the molecule is CC/C=C\C/C=C\C/C=C\C/C=C\C/C=C\C/C=C\C/C=C\C/C=C\C/C=C\C/C=C\CCCCCCCCC(=O)NC(COP(=O)([O-])OCC[N+](C)(C)C)C(O)CCCCCCCCCCCCCCCCCCCC. The second-order valence-electron chi connectivity index (χ2n) is 22.0. The highest BCUT2D eigenvalue weighted by atomic mass is 31.2. The topological polar surface area (TPSA) is 108 Å². The van der Waals surface area contributed by atoms with E-state index in [0.29, 0.717) is 23.9 Å². The van der Waals surface area contributed by atoms with Gasteiger partial charge in [0.1, 0.15) is 13.2 Å². The Kier molecular flexibility index (Phi) is 55.3. The maximum Gasteiger partial charge on any atom is 0.268 e. The van der Waals surface area contributed by atoms with Crippen molar-refractivity contribution in [1.82, 2.24) is 5.32 Å². The van der Waals surface area contributed by atoms with Crippen LogP contribution in [0.5, 0.6) is 0 Å². The van der Waals surface area contributed by atoms with Gasteiger partial charge < -0.3 is 28.8 Å². The van der Waals surface area contributed by atoms with Gasteiger partial charge in [0.15, 0.2) is 0 Å². The van der Waals surface area contributed by atoms with E-state index in [2.05, 4.69) is 141 Å². The van der Waals surface area contributed by atoms with Crippen LogP contribution in [0.2, 0.25) is 0 Å². The Bertz CT molecular complexity index is 1670. The first kappa shape index (κ1) is 73.9. The molecule has 0 heterocycles. The number of likely N-dealkylation sites (N-methyl/N-ethyl adjacent to an activating group) is 1. The maximum atomic E-state index is 13.0. The van der Waals surface area contributed by atoms with Crippen LogP contribution in [0, 0.1) is 0 Å². The van der Waals surface area contributed by atoms with E-state index in [4.69, 9.17) is 9.05 Å². The summed E-state index contributed by atoms with van der Waals surface area (Å²) in [5, 5.41) is 14.0. The largest absolute Gasteiger partial charge is 0.756 e. The highest BCUT2D eigenvalue weighted by molar-refractivity contribution is 7.45. The Labute approximate surface area is 475 Å². The summed E-state index contributed by atoms with van der Waals surface area (Å²) in [7, 11) is 1.28. The van der Waals surface area contributed by atoms with Gasteiger partial charge in [0.25, 0.3) is 7.82 Å². The molecule has 0 aromatic carbocycles. The Morgan fingerprint density at radius 2 is 0.792 bits per heavy atom. The number of rotatable bonds is 56. The van der Waals surface area contributed by atoms with Crippen LogP contribution < -0.4 is 10.2 Å². The fourth-order valence-corrected chi connectivity index (χ4v) is 9.32. The summed E-state index contributed by atoms with van der Waals surface area (Å²) in [6.45, 7) is 4.60. The molecule has 0 aromatic rings. The van der Waals surface area contributed by atoms with Crippen LogP contribution in [0.3, 0.4) is 0 Å². The van der Waals surface area contributed by atoms with Gasteiger partial charge in [0.05, 0.1) is 39.9 Å². The second kappa shape index (κ2) is 57.6. The number of allylic oxidation sites excluding steroid dienone is 20. The molecule has 0 saturated carbocycles. The van der Waals surface area contributed by atoms with Gasteiger partial charge in [-0.3, -0.25) is 9.36 Å². The zero-order valence-corrected chi connectivity index (χ0v) is 51.3. The lowest BCUT2D eigenvalue weighted by Crippen LogP contribution is -2.46. The van der Waals surface area contributed by atoms with Crippen LogP contribution >= 0.6 is 7.82 Å². The van der Waals surface area contributed by atoms with Crippen molar-refractivity contribution in [3.05, 3.63) is 122 Å². The van der Waals surface area contributed by atoms with Gasteiger partial charge in [-0.25, -0.2) is 0 Å². The minimum atomic E-state index is -4.59. The van der Waals surface area contributed by atoms with E-state index in [1.54, 1.807) is 0 Å². The number of nitrogens with one attached hydrogen (secondary N) is 1. The molecule has 442 valence electrons. The Balaban J connectivity index is 4.18. The van der Waals surface area contributed by atoms with E-state index in [1.165, 1.54) is 109 Å². The van der Waals surface area contributed by atoms with E-state index in [0.717, 1.165) is 116 Å². The highest BCUT2D eigenvalue weighted by Crippen LogP contribution is 2.38. The van der Waals surface area contributed by atoms with Crippen LogP contribution in [0.25, 0.3) is 0 Å². The van der Waals surface area contributed by atoms with Crippen molar-refractivity contribution in [2.45, 2.75) is 264 Å². The number of aliphatic hydroxyl groups is 1. The van der Waals surface area contributed by atoms with Crippen molar-refractivity contribution in [2.75, 3.05) is 40.9 Å². The summed E-state index contributed by atoms with van der Waals surface area (Å²) >= 11 is 0. The molecule has 0 radical (unpaired) electrons. The van der Waals surface area contributed by atoms with Crippen LogP contribution in [-0.4, -0.2) is 68.5 Å². The van der Waals surface area contributed by atoms with Crippen molar-refractivity contribution in [3.63, 3.8) is 0 Å². The third kappa shape index (κ3) is 60.4. The second-order valence-corrected chi connectivity index (χ2v) is 23.4. The van der Waals surface area contributed by atoms with Crippen molar-refractivity contribution in [3.8, 4) is 0 Å². The standard InChI is InChI=1S/C68H119N2O6P/c1-6-8-10-12-14-16-18-20-22-24-26-27-28-29-30-31-32-33-34-35-36-37-38-39-40-41-42-43-44-46-48-50-52-54-56-58-60-62-68(72)69-66(65-76-77(73,74)75-64-63-70(3,4)5)67(71)61-59-57-55-53-51-49-47-45-25-23-21-19-17-15-13-11-9-7-2/h8,10,14,16,20,22,26-27,29-30,32-33,35-36,38-39,41-42,44,46,66-67,71H,6-7,9,11-13,15,17-19,21,23-25,28,31,34,37,40,43,45,47-65H2,1-5H3,(H-,69,72,73,74)/b10-8-,16-14-,22-20-,27-26-,30-29-,33-32-,36-35-,39-38-,42-41-,46-44-. The van der Waals surface area contributed by atoms with Crippen molar-refractivity contribution >= 4 is 13.7 Å². The summed E-state index contributed by atoms with van der Waals surface area (Å²) in [6, 6.07) is -0.818. The van der Waals surface area contributed by atoms with Gasteiger partial charge in [0.2, 0.25) is 5.91 Å². The molecule has 3 unspecified atom stereocenters. The van der Waals surface area contributed by atoms with Crippen molar-refractivity contribution in [1.29, 1.82) is 0 Å². The summed E-state index contributed by atoms with van der Waals surface area (Å²) < 4.78 is 23.4. The van der Waals surface area contributed by atoms with Gasteiger partial charge in [0, 0.05) is 6.42 Å². The molecular formula is C68H119N2O6P. The Hall–Kier alpha value is -3.10. The predicted octanol–water partition coefficient (Wildman–Crippen LogP) is 19.1. The first-order valence-electron chi connectivity index (χ1n) is 31.4. The maximum absolute atomic E-state index is 13.0. The number of nitrogens with zero attached hydrogens (tertiary/aromatic N) is 1. The highest BCUT2D eigenvalue weighted by Gasteiger charge is 2.24. The molecule has 1 amide bonds. The summed E-state index contributed by atoms with van der Waals surface area (Å²) in [5.41, 5.74) is 0. The van der Waals surface area contributed by atoms with E-state index in [9.17, 15) is 19.4 Å². The number of unbranched alkanes of at least 4 members (excludes halogenated alkanes) is 23. The third-order valence-electron chi connectivity index (χ3n) is 13.5. The van der Waals surface area contributed by atoms with E-state index >= 15 is 0 Å². The van der Waals surface area contributed by atoms with Crippen LogP contribution in [0.1, 0.15) is 251 Å². The van der Waals surface area contributed by atoms with E-state index in [-0.39, 0.29) is 19.1 Å². The molecule has 0 saturated heterocycles. The average molecular weight is 1090 g/mol. The molecule has 0 aliphatic rings. The van der Waals surface area contributed by atoms with Gasteiger partial charge in [-0.1, -0.05) is 277 Å². The number of phosphoric ester groups is 1. The van der Waals surface area contributed by atoms with E-state index < -0.39 is 20.0 Å². The van der Waals surface area contributed by atoms with Gasteiger partial charge >= 0.3 is 0 Å². The van der Waals surface area contributed by atoms with Crippen LogP contribution in [0.4, 0.5) is 0 Å². The zero-order chi connectivity index (χ0) is 56.3. The molecule has 3 atom stereocenters. The number of quaternary nitrogens is 1. The molecule has 0 aromatic heterocycles. The molecule has 0 aliphatic heterocycles. The van der Waals surface area contributed by atoms with Crippen LogP contribution in [-0.2, 0) is 18.4 Å². The summed E-state index contributed by atoms with van der Waals surface area (Å²) in [4.78, 5) is 25.6. The summed E-state index contributed by atoms with van der Waals surface area (Å²) in [5.74, 6) is -0.182. The molecule has 0 fully saturated rings. The van der Waals surface area contributed by atoms with Gasteiger partial charge in [-0.2, -0.15) is 0 Å². The van der Waals surface area contributed by atoms with Crippen molar-refractivity contribution in [2.24, 2.45) is 0 Å². The lowest BCUT2D eigenvalue weighted by atomic mass is 10.0. The number of hydrogen-bond acceptors (Lipinski definition) is 6. The number of phosphoric acid groups is 1. The molecule has 8 nitrogen and oxygen atoms in total. The number of carbonyl (C=O) groups excluding carboxylic acids is 1. The lowest BCUT2D eigenvalue weighted by Gasteiger charge is -2.30. The molecule has 0 rings (SSSR count). The molecule has 0 aliphatic carbocycles. The first-order valence-corrected chi connectivity index (χ1v) is 32.8. The quantitative estimate of drug-likeness (QED) is 0.0272. The monoisotopic (exact) mass is 1090 g/mol. The Morgan fingerprint density at radius 1 is 0.468 bits per heavy atom. The zero-order valence-electron chi connectivity index (χ0n) is 50.4. The summed E-state index contributed by atoms with van der Waals surface area (Å²) in [6.07, 6.45) is 85.2. The molecular weight excluding hydrogens is 972 g/mol. The molecule has 2 N–H and O–H groups in total. The molecule has 77 heavy (non-hydrogen) atoms. The number of carbonyl (C=O) groups is 1. The van der Waals surface area contributed by atoms with Gasteiger partial charge in [-0.15, -0.1) is 0 Å². The predicted molar refractivity (Wildman–Crippen MR) is 334 cm³/mol. The minimum Gasteiger partial charge on any atom is -0.756 e. The molecule has 0 bridgehead atoms. The number of amides is 1. The van der Waals surface area contributed by atoms with Crippen LogP contribution in [0.15, 0.2) is 122 Å². The first-order chi connectivity index (χ1) is 37.5. The molecule has 9 heteroatoms. The van der Waals surface area contributed by atoms with Gasteiger partial charge in [-0.05, 0) is 89.9 Å². The smallest absolute Gasteiger partial charge is 0.268 e. The third-order valence-corrected chi connectivity index (χ3v) is 14.4. The minimum absolute atomic E-state index is 0.00325. The number of hydrogen-bond donors (Lipinski definition) is 2. The van der Waals surface area contributed by atoms with E-state index in [1.807, 2.05) is 21.1 Å².